The van der Waals surface area contributed by atoms with Crippen LogP contribution in [-0.2, 0) is 9.59 Å². The van der Waals surface area contributed by atoms with Gasteiger partial charge in [-0.3, -0.25) is 4.79 Å². The van der Waals surface area contributed by atoms with Gasteiger partial charge in [-0.15, -0.1) is 11.3 Å². The molecule has 8 heteroatoms. The molecule has 0 bridgehead atoms. The molecule has 122 valence electrons. The Bertz CT molecular complexity index is 775. The molecule has 2 aromatic heterocycles. The molecule has 0 saturated carbocycles. The van der Waals surface area contributed by atoms with E-state index < -0.39 is 12.0 Å². The first-order valence-corrected chi connectivity index (χ1v) is 9.15. The molecule has 3 rings (SSSR count). The number of aromatic nitrogens is 2. The zero-order valence-electron chi connectivity index (χ0n) is 12.9. The Kier molecular flexibility index (Phi) is 4.54. The number of aliphatic carboxylic acids is 1. The van der Waals surface area contributed by atoms with Gasteiger partial charge in [0.2, 0.25) is 5.91 Å². The predicted molar refractivity (Wildman–Crippen MR) is 90.0 cm³/mol. The average Bonchev–Trinajstić information content (AvgIpc) is 3.11. The molecule has 1 N–H and O–H groups in total. The Morgan fingerprint density at radius 2 is 2.22 bits per heavy atom. The molecule has 1 aliphatic heterocycles. The van der Waals surface area contributed by atoms with E-state index in [1.54, 1.807) is 11.3 Å². The maximum absolute atomic E-state index is 12.4. The zero-order valence-corrected chi connectivity index (χ0v) is 14.5. The van der Waals surface area contributed by atoms with Crippen molar-refractivity contribution in [1.29, 1.82) is 0 Å². The molecule has 0 aliphatic carbocycles. The normalized spacial score (nSPS) is 17.8. The Balaban J connectivity index is 1.76. The van der Waals surface area contributed by atoms with Gasteiger partial charge in [0, 0.05) is 16.8 Å². The maximum Gasteiger partial charge on any atom is 0.326 e. The zero-order chi connectivity index (χ0) is 16.6. The molecule has 1 saturated heterocycles. The van der Waals surface area contributed by atoms with Crippen molar-refractivity contribution in [2.75, 3.05) is 12.3 Å². The lowest BCUT2D eigenvalue weighted by molar-refractivity contribution is -0.147. The molecule has 1 aliphatic rings. The molecular formula is C15H17N3O3S2. The van der Waals surface area contributed by atoms with Crippen molar-refractivity contribution in [3.05, 3.63) is 16.8 Å². The Morgan fingerprint density at radius 1 is 1.43 bits per heavy atom. The van der Waals surface area contributed by atoms with Crippen LogP contribution in [0.15, 0.2) is 11.4 Å². The van der Waals surface area contributed by atoms with Crippen LogP contribution >= 0.6 is 23.1 Å². The van der Waals surface area contributed by atoms with Gasteiger partial charge in [-0.1, -0.05) is 11.8 Å². The summed E-state index contributed by atoms with van der Waals surface area (Å²) in [6.45, 7) is 4.60. The number of rotatable bonds is 4. The molecule has 1 atom stereocenters. The number of thiophene rings is 1. The van der Waals surface area contributed by atoms with E-state index in [1.807, 2.05) is 13.8 Å². The highest BCUT2D eigenvalue weighted by molar-refractivity contribution is 8.00. The van der Waals surface area contributed by atoms with Crippen LogP contribution < -0.4 is 0 Å². The highest BCUT2D eigenvalue weighted by Crippen LogP contribution is 2.34. The van der Waals surface area contributed by atoms with E-state index in [-0.39, 0.29) is 11.7 Å². The molecule has 23 heavy (non-hydrogen) atoms. The third kappa shape index (κ3) is 3.05. The summed E-state index contributed by atoms with van der Waals surface area (Å²) in [6, 6.07) is -0.682. The second-order valence-corrected chi connectivity index (χ2v) is 7.68. The number of likely N-dealkylation sites (tertiary alicyclic amines) is 1. The van der Waals surface area contributed by atoms with Crippen molar-refractivity contribution >= 4 is 45.2 Å². The van der Waals surface area contributed by atoms with E-state index in [9.17, 15) is 14.7 Å². The summed E-state index contributed by atoms with van der Waals surface area (Å²) >= 11 is 2.98. The predicted octanol–water partition coefficient (Wildman–Crippen LogP) is 2.48. The SMILES string of the molecule is Cc1sc2ncnc(SCC(=O)N3CCC[C@@H]3C(=O)O)c2c1C. The van der Waals surface area contributed by atoms with Crippen molar-refractivity contribution in [2.45, 2.75) is 37.8 Å². The molecule has 6 nitrogen and oxygen atoms in total. The molecule has 2 aromatic rings. The largest absolute Gasteiger partial charge is 0.480 e. The third-order valence-corrected chi connectivity index (χ3v) is 6.21. The van der Waals surface area contributed by atoms with Crippen LogP contribution in [0.25, 0.3) is 10.2 Å². The fourth-order valence-electron chi connectivity index (χ4n) is 2.79. The minimum Gasteiger partial charge on any atom is -0.480 e. The van der Waals surface area contributed by atoms with Crippen LogP contribution in [0.1, 0.15) is 23.3 Å². The lowest BCUT2D eigenvalue weighted by Gasteiger charge is -2.21. The van der Waals surface area contributed by atoms with Crippen LogP contribution in [-0.4, -0.2) is 50.2 Å². The van der Waals surface area contributed by atoms with Crippen LogP contribution in [0, 0.1) is 13.8 Å². The monoisotopic (exact) mass is 351 g/mol. The van der Waals surface area contributed by atoms with Gasteiger partial charge in [-0.05, 0) is 32.3 Å². The first-order chi connectivity index (χ1) is 11.0. The number of nitrogens with zero attached hydrogens (tertiary/aromatic N) is 3. The molecule has 0 spiro atoms. The number of carboxylic acid groups (broad SMARTS) is 1. The highest BCUT2D eigenvalue weighted by Gasteiger charge is 2.33. The number of fused-ring (bicyclic) bond motifs is 1. The van der Waals surface area contributed by atoms with Gasteiger partial charge in [0.05, 0.1) is 5.75 Å². The van der Waals surface area contributed by atoms with Crippen LogP contribution in [0.2, 0.25) is 0 Å². The van der Waals surface area contributed by atoms with Crippen LogP contribution in [0.5, 0.6) is 0 Å². The fraction of sp³-hybridized carbons (Fsp3) is 0.467. The molecule has 3 heterocycles. The maximum atomic E-state index is 12.4. The number of carboxylic acids is 1. The minimum absolute atomic E-state index is 0.142. The highest BCUT2D eigenvalue weighted by atomic mass is 32.2. The number of carbonyl (C=O) groups is 2. The van der Waals surface area contributed by atoms with Gasteiger partial charge in [0.1, 0.15) is 22.2 Å². The average molecular weight is 351 g/mol. The van der Waals surface area contributed by atoms with Gasteiger partial charge < -0.3 is 10.0 Å². The van der Waals surface area contributed by atoms with E-state index in [2.05, 4.69) is 9.97 Å². The summed E-state index contributed by atoms with van der Waals surface area (Å²) in [7, 11) is 0. The molecular weight excluding hydrogens is 334 g/mol. The molecule has 0 radical (unpaired) electrons. The summed E-state index contributed by atoms with van der Waals surface area (Å²) in [6.07, 6.45) is 2.79. The van der Waals surface area contributed by atoms with Gasteiger partial charge in [-0.25, -0.2) is 14.8 Å². The van der Waals surface area contributed by atoms with E-state index in [0.717, 1.165) is 27.2 Å². The van der Waals surface area contributed by atoms with E-state index in [4.69, 9.17) is 0 Å². The van der Waals surface area contributed by atoms with Crippen molar-refractivity contribution in [3.63, 3.8) is 0 Å². The third-order valence-electron chi connectivity index (χ3n) is 4.12. The molecule has 0 unspecified atom stereocenters. The van der Waals surface area contributed by atoms with Crippen LogP contribution in [0.4, 0.5) is 0 Å². The number of hydrogen-bond acceptors (Lipinski definition) is 6. The number of thioether (sulfide) groups is 1. The van der Waals surface area contributed by atoms with Crippen LogP contribution in [0.3, 0.4) is 0 Å². The standard InChI is InChI=1S/C15H17N3O3S2/c1-8-9(2)23-14-12(8)13(16-7-17-14)22-6-11(19)18-5-3-4-10(18)15(20)21/h7,10H,3-6H2,1-2H3,(H,20,21)/t10-/m1/s1. The first-order valence-electron chi connectivity index (χ1n) is 7.35. The Labute approximate surface area is 141 Å². The van der Waals surface area contributed by atoms with Crippen molar-refractivity contribution in [2.24, 2.45) is 0 Å². The van der Waals surface area contributed by atoms with Gasteiger partial charge in [0.25, 0.3) is 0 Å². The van der Waals surface area contributed by atoms with E-state index in [1.165, 1.54) is 27.9 Å². The molecule has 0 aromatic carbocycles. The van der Waals surface area contributed by atoms with E-state index >= 15 is 0 Å². The summed E-state index contributed by atoms with van der Waals surface area (Å²) < 4.78 is 0. The summed E-state index contributed by atoms with van der Waals surface area (Å²) in [4.78, 5) is 35.7. The second kappa shape index (κ2) is 6.45. The topological polar surface area (TPSA) is 83.4 Å². The van der Waals surface area contributed by atoms with Crippen molar-refractivity contribution in [1.82, 2.24) is 14.9 Å². The molecule has 1 amide bonds. The Hall–Kier alpha value is -1.67. The fourth-order valence-corrected chi connectivity index (χ4v) is 4.80. The van der Waals surface area contributed by atoms with Crippen molar-refractivity contribution < 1.29 is 14.7 Å². The number of hydrogen-bond donors (Lipinski definition) is 1. The summed E-state index contributed by atoms with van der Waals surface area (Å²) in [5, 5.41) is 11.0. The Morgan fingerprint density at radius 3 is 2.96 bits per heavy atom. The smallest absolute Gasteiger partial charge is 0.326 e. The summed E-state index contributed by atoms with van der Waals surface area (Å²) in [5.74, 6) is -0.865. The first kappa shape index (κ1) is 16.2. The quantitative estimate of drug-likeness (QED) is 0.673. The van der Waals surface area contributed by atoms with Crippen molar-refractivity contribution in [3.8, 4) is 0 Å². The lowest BCUT2D eigenvalue weighted by Crippen LogP contribution is -2.41. The summed E-state index contributed by atoms with van der Waals surface area (Å²) in [5.41, 5.74) is 1.14. The number of amides is 1. The minimum atomic E-state index is -0.922. The second-order valence-electron chi connectivity index (χ2n) is 5.51. The molecule has 1 fully saturated rings. The van der Waals surface area contributed by atoms with E-state index in [0.29, 0.717) is 13.0 Å². The van der Waals surface area contributed by atoms with Gasteiger partial charge in [-0.2, -0.15) is 0 Å². The number of aryl methyl sites for hydroxylation is 2. The van der Waals surface area contributed by atoms with Gasteiger partial charge in [0.15, 0.2) is 0 Å². The van der Waals surface area contributed by atoms with Gasteiger partial charge >= 0.3 is 5.97 Å². The number of carbonyl (C=O) groups excluding carboxylic acids is 1. The lowest BCUT2D eigenvalue weighted by atomic mass is 10.2.